The molecule has 2 aliphatic carbocycles. The molecule has 0 N–H and O–H groups in total. The van der Waals surface area contributed by atoms with E-state index in [4.69, 9.17) is 0 Å². The molecule has 0 bridgehead atoms. The van der Waals surface area contributed by atoms with Gasteiger partial charge in [-0.2, -0.15) is 0 Å². The van der Waals surface area contributed by atoms with Crippen LogP contribution < -0.4 is 9.80 Å². The Morgan fingerprint density at radius 2 is 0.815 bits per heavy atom. The van der Waals surface area contributed by atoms with Crippen molar-refractivity contribution in [2.24, 2.45) is 0 Å². The topological polar surface area (TPSA) is 6.48 Å². The molecule has 0 spiro atoms. The van der Waals surface area contributed by atoms with Crippen LogP contribution in [0.15, 0.2) is 249 Å². The van der Waals surface area contributed by atoms with E-state index in [-0.39, 0.29) is 5.41 Å². The van der Waals surface area contributed by atoms with E-state index in [0.717, 1.165) is 46.1 Å². The fourth-order valence-electron chi connectivity index (χ4n) is 10.0. The van der Waals surface area contributed by atoms with E-state index in [1.807, 2.05) is 0 Å². The van der Waals surface area contributed by atoms with Crippen LogP contribution in [-0.4, -0.2) is 0 Å². The first-order valence-electron chi connectivity index (χ1n) is 22.8. The third-order valence-corrected chi connectivity index (χ3v) is 13.4. The number of hydrogen-bond donors (Lipinski definition) is 0. The molecule has 9 aromatic carbocycles. The molecule has 0 radical (unpaired) electrons. The predicted octanol–water partition coefficient (Wildman–Crippen LogP) is 17.5. The number of anilines is 6. The minimum atomic E-state index is -0.125. The molecule has 11 rings (SSSR count). The Kier molecular flexibility index (Phi) is 10.4. The highest BCUT2D eigenvalue weighted by Crippen LogP contribution is 2.51. The third-order valence-electron chi connectivity index (χ3n) is 13.4. The molecule has 0 fully saturated rings. The summed E-state index contributed by atoms with van der Waals surface area (Å²) >= 11 is 0. The van der Waals surface area contributed by atoms with Crippen molar-refractivity contribution >= 4 is 34.1 Å². The van der Waals surface area contributed by atoms with Crippen LogP contribution in [0, 0.1) is 0 Å². The van der Waals surface area contributed by atoms with Gasteiger partial charge in [-0.05, 0) is 140 Å². The molecule has 2 nitrogen and oxygen atoms in total. The summed E-state index contributed by atoms with van der Waals surface area (Å²) < 4.78 is 0. The van der Waals surface area contributed by atoms with Gasteiger partial charge < -0.3 is 9.80 Å². The van der Waals surface area contributed by atoms with Crippen LogP contribution in [0.5, 0.6) is 0 Å². The average Bonchev–Trinajstić information content (AvgIpc) is 3.61. The van der Waals surface area contributed by atoms with Gasteiger partial charge in [-0.15, -0.1) is 0 Å². The number of para-hydroxylation sites is 1. The summed E-state index contributed by atoms with van der Waals surface area (Å²) in [7, 11) is 0. The molecule has 2 heteroatoms. The number of nitrogens with zero attached hydrogens (tertiary/aromatic N) is 2. The number of fused-ring (bicyclic) bond motifs is 3. The van der Waals surface area contributed by atoms with E-state index >= 15 is 0 Å². The molecular formula is C63H50N2. The van der Waals surface area contributed by atoms with Crippen molar-refractivity contribution in [2.75, 3.05) is 9.80 Å². The molecule has 65 heavy (non-hydrogen) atoms. The van der Waals surface area contributed by atoms with Crippen molar-refractivity contribution in [3.05, 3.63) is 265 Å². The maximum Gasteiger partial charge on any atom is 0.0468 e. The second-order valence-electron chi connectivity index (χ2n) is 17.7. The van der Waals surface area contributed by atoms with E-state index < -0.39 is 0 Å². The van der Waals surface area contributed by atoms with E-state index in [1.165, 1.54) is 55.6 Å². The average molecular weight is 835 g/mol. The lowest BCUT2D eigenvalue weighted by Gasteiger charge is -2.29. The van der Waals surface area contributed by atoms with Crippen LogP contribution >= 0.6 is 0 Å². The van der Waals surface area contributed by atoms with Crippen molar-refractivity contribution in [3.63, 3.8) is 0 Å². The standard InChI is InChI=1S/C63H50N2/c1-63(2)61-26-16-15-25-58(61)59-42-40-56(44-62(59)63)65(54-35-29-48(30-36-54)46-19-9-4-10-20-46)55-39-41-57(60(43-55)49-21-11-5-12-22-49)50-31-37-53(38-32-50)64(51-23-13-6-14-24-51)52-33-27-47(28-34-52)45-17-7-3-8-18-45/h3-17,19-45H,18H2,1-2H3. The van der Waals surface area contributed by atoms with E-state index in [1.54, 1.807) is 0 Å². The predicted molar refractivity (Wildman–Crippen MR) is 275 cm³/mol. The minimum absolute atomic E-state index is 0.125. The highest BCUT2D eigenvalue weighted by atomic mass is 15.1. The molecule has 1 unspecified atom stereocenters. The largest absolute Gasteiger partial charge is 0.311 e. The lowest BCUT2D eigenvalue weighted by atomic mass is 9.82. The van der Waals surface area contributed by atoms with Gasteiger partial charge in [0.2, 0.25) is 0 Å². The van der Waals surface area contributed by atoms with Gasteiger partial charge in [0.1, 0.15) is 0 Å². The van der Waals surface area contributed by atoms with Gasteiger partial charge >= 0.3 is 0 Å². The first-order chi connectivity index (χ1) is 32.0. The second kappa shape index (κ2) is 17.0. The van der Waals surface area contributed by atoms with Gasteiger partial charge in [0.15, 0.2) is 0 Å². The van der Waals surface area contributed by atoms with Crippen LogP contribution in [0.3, 0.4) is 0 Å². The molecule has 0 heterocycles. The maximum atomic E-state index is 2.43. The minimum Gasteiger partial charge on any atom is -0.311 e. The van der Waals surface area contributed by atoms with Gasteiger partial charge in [0.05, 0.1) is 0 Å². The van der Waals surface area contributed by atoms with Crippen molar-refractivity contribution in [2.45, 2.75) is 31.6 Å². The Morgan fingerprint density at radius 1 is 0.354 bits per heavy atom. The normalized spacial score (nSPS) is 14.4. The molecule has 0 saturated carbocycles. The van der Waals surface area contributed by atoms with Crippen LogP contribution in [-0.2, 0) is 5.41 Å². The van der Waals surface area contributed by atoms with Crippen molar-refractivity contribution in [3.8, 4) is 44.5 Å². The molecule has 0 aromatic heterocycles. The number of allylic oxidation sites excluding steroid dienone is 4. The zero-order valence-corrected chi connectivity index (χ0v) is 36.9. The smallest absolute Gasteiger partial charge is 0.0468 e. The van der Waals surface area contributed by atoms with Crippen molar-refractivity contribution in [1.82, 2.24) is 0 Å². The lowest BCUT2D eigenvalue weighted by Crippen LogP contribution is -2.16. The van der Waals surface area contributed by atoms with E-state index in [2.05, 4.69) is 272 Å². The van der Waals surface area contributed by atoms with E-state index in [9.17, 15) is 0 Å². The summed E-state index contributed by atoms with van der Waals surface area (Å²) in [5, 5.41) is 0. The van der Waals surface area contributed by atoms with E-state index in [0.29, 0.717) is 5.92 Å². The second-order valence-corrected chi connectivity index (χ2v) is 17.7. The van der Waals surface area contributed by atoms with Gasteiger partial charge in [-0.25, -0.2) is 0 Å². The number of benzene rings is 9. The summed E-state index contributed by atoms with van der Waals surface area (Å²) in [5.74, 6) is 0.411. The lowest BCUT2D eigenvalue weighted by molar-refractivity contribution is 0.660. The SMILES string of the molecule is CC1(C)c2ccccc2-c2ccc(N(c3ccc(-c4ccccc4)cc3)c3ccc(-c4ccc(N(c5ccccc5)c5ccc(C6C=CC=CC6)cc5)cc4)c(-c4ccccc4)c3)cc21. The summed E-state index contributed by atoms with van der Waals surface area (Å²) in [6.45, 7) is 4.72. The maximum absolute atomic E-state index is 2.43. The van der Waals surface area contributed by atoms with Gasteiger partial charge in [0.25, 0.3) is 0 Å². The first kappa shape index (κ1) is 39.9. The van der Waals surface area contributed by atoms with Crippen LogP contribution in [0.2, 0.25) is 0 Å². The molecule has 9 aromatic rings. The summed E-state index contributed by atoms with van der Waals surface area (Å²) in [4.78, 5) is 4.78. The quantitative estimate of drug-likeness (QED) is 0.135. The fourth-order valence-corrected chi connectivity index (χ4v) is 10.0. The monoisotopic (exact) mass is 834 g/mol. The van der Waals surface area contributed by atoms with Gasteiger partial charge in [-0.3, -0.25) is 0 Å². The fraction of sp³-hybridized carbons (Fsp3) is 0.0794. The Balaban J connectivity index is 1.00. The molecule has 312 valence electrons. The molecular weight excluding hydrogens is 785 g/mol. The van der Waals surface area contributed by atoms with Gasteiger partial charge in [0, 0.05) is 45.5 Å². The Labute approximate surface area is 383 Å². The van der Waals surface area contributed by atoms with Crippen molar-refractivity contribution in [1.29, 1.82) is 0 Å². The molecule has 0 aliphatic heterocycles. The van der Waals surface area contributed by atoms with Gasteiger partial charge in [-0.1, -0.05) is 190 Å². The number of hydrogen-bond acceptors (Lipinski definition) is 2. The molecule has 0 saturated heterocycles. The first-order valence-corrected chi connectivity index (χ1v) is 22.8. The summed E-state index contributed by atoms with van der Waals surface area (Å²) in [6.07, 6.45) is 9.88. The number of rotatable bonds is 10. The Bertz CT molecular complexity index is 3160. The van der Waals surface area contributed by atoms with Crippen LogP contribution in [0.1, 0.15) is 42.9 Å². The summed E-state index contributed by atoms with van der Waals surface area (Å²) in [6, 6.07) is 82.2. The Hall–Kier alpha value is -7.94. The third kappa shape index (κ3) is 7.58. The van der Waals surface area contributed by atoms with Crippen molar-refractivity contribution < 1.29 is 0 Å². The van der Waals surface area contributed by atoms with Crippen LogP contribution in [0.4, 0.5) is 34.1 Å². The molecule has 2 aliphatic rings. The zero-order chi connectivity index (χ0) is 43.7. The molecule has 1 atom stereocenters. The van der Waals surface area contributed by atoms with Crippen LogP contribution in [0.25, 0.3) is 44.5 Å². The highest BCUT2D eigenvalue weighted by Gasteiger charge is 2.36. The highest BCUT2D eigenvalue weighted by molar-refractivity contribution is 5.91. The Morgan fingerprint density at radius 3 is 1.46 bits per heavy atom. The zero-order valence-electron chi connectivity index (χ0n) is 36.9. The molecule has 0 amide bonds. The summed E-state index contributed by atoms with van der Waals surface area (Å²) in [5.41, 5.74) is 20.4.